The van der Waals surface area contributed by atoms with E-state index in [1.54, 1.807) is 11.0 Å². The maximum absolute atomic E-state index is 14.6. The first-order chi connectivity index (χ1) is 17.4. The van der Waals surface area contributed by atoms with Gasteiger partial charge in [0.2, 0.25) is 11.8 Å². The fourth-order valence-corrected chi connectivity index (χ4v) is 5.11. The maximum Gasteiger partial charge on any atom is 0.243 e. The van der Waals surface area contributed by atoms with E-state index in [2.05, 4.69) is 5.32 Å². The Bertz CT molecular complexity index is 1170. The average Bonchev–Trinajstić information content (AvgIpc) is 3.37. The van der Waals surface area contributed by atoms with Crippen molar-refractivity contribution in [2.24, 2.45) is 0 Å². The van der Waals surface area contributed by atoms with Crippen LogP contribution in [0.15, 0.2) is 72.8 Å². The molecule has 36 heavy (non-hydrogen) atoms. The lowest BCUT2D eigenvalue weighted by atomic mass is 10.0. The van der Waals surface area contributed by atoms with Crippen molar-refractivity contribution in [2.45, 2.75) is 64.1 Å². The van der Waals surface area contributed by atoms with Crippen molar-refractivity contribution in [3.05, 3.63) is 106 Å². The molecule has 1 aliphatic rings. The van der Waals surface area contributed by atoms with Gasteiger partial charge in [0.15, 0.2) is 0 Å². The fraction of sp³-hybridized carbons (Fsp3) is 0.333. The molecule has 0 radical (unpaired) electrons. The third kappa shape index (κ3) is 6.73. The summed E-state index contributed by atoms with van der Waals surface area (Å²) >= 11 is 6.25. The Morgan fingerprint density at radius 1 is 1.00 bits per heavy atom. The average molecular weight is 507 g/mol. The van der Waals surface area contributed by atoms with Gasteiger partial charge >= 0.3 is 0 Å². The zero-order valence-corrected chi connectivity index (χ0v) is 21.3. The molecule has 3 aromatic carbocycles. The topological polar surface area (TPSA) is 49.4 Å². The zero-order chi connectivity index (χ0) is 25.5. The Hall–Kier alpha value is -3.18. The number of nitrogens with one attached hydrogen (secondary N) is 1. The largest absolute Gasteiger partial charge is 0.352 e. The number of benzene rings is 3. The summed E-state index contributed by atoms with van der Waals surface area (Å²) < 4.78 is 14.6. The van der Waals surface area contributed by atoms with Crippen molar-refractivity contribution < 1.29 is 14.0 Å². The van der Waals surface area contributed by atoms with Gasteiger partial charge in [-0.1, -0.05) is 90.7 Å². The van der Waals surface area contributed by atoms with E-state index in [9.17, 15) is 14.0 Å². The normalized spacial score (nSPS) is 14.4. The molecular weight excluding hydrogens is 475 g/mol. The number of hydrogen-bond donors (Lipinski definition) is 1. The van der Waals surface area contributed by atoms with Gasteiger partial charge in [0.25, 0.3) is 0 Å². The van der Waals surface area contributed by atoms with Crippen molar-refractivity contribution in [3.63, 3.8) is 0 Å². The van der Waals surface area contributed by atoms with E-state index in [1.807, 2.05) is 61.5 Å². The third-order valence-electron chi connectivity index (χ3n) is 6.80. The van der Waals surface area contributed by atoms with Gasteiger partial charge in [-0.3, -0.25) is 9.59 Å². The van der Waals surface area contributed by atoms with E-state index in [1.165, 1.54) is 12.1 Å². The van der Waals surface area contributed by atoms with Crippen molar-refractivity contribution in [2.75, 3.05) is 0 Å². The monoisotopic (exact) mass is 506 g/mol. The molecule has 1 aliphatic carbocycles. The second-order valence-corrected chi connectivity index (χ2v) is 9.99. The molecule has 1 saturated carbocycles. The van der Waals surface area contributed by atoms with Crippen molar-refractivity contribution in [1.29, 1.82) is 0 Å². The number of aryl methyl sites for hydroxylation is 1. The molecule has 4 nitrogen and oxygen atoms in total. The molecule has 0 aliphatic heterocycles. The Labute approximate surface area is 217 Å². The van der Waals surface area contributed by atoms with Crippen LogP contribution in [0, 0.1) is 12.7 Å². The van der Waals surface area contributed by atoms with E-state index < -0.39 is 11.9 Å². The molecule has 1 fully saturated rings. The van der Waals surface area contributed by atoms with E-state index >= 15 is 0 Å². The summed E-state index contributed by atoms with van der Waals surface area (Å²) in [5.41, 5.74) is 3.07. The third-order valence-corrected chi connectivity index (χ3v) is 7.15. The molecule has 0 spiro atoms. The molecule has 0 aromatic heterocycles. The molecule has 4 rings (SSSR count). The van der Waals surface area contributed by atoms with Gasteiger partial charge < -0.3 is 10.2 Å². The van der Waals surface area contributed by atoms with Crippen LogP contribution in [-0.2, 0) is 29.0 Å². The maximum atomic E-state index is 14.6. The molecule has 1 atom stereocenters. The van der Waals surface area contributed by atoms with Gasteiger partial charge in [0.1, 0.15) is 11.9 Å². The lowest BCUT2D eigenvalue weighted by molar-refractivity contribution is -0.141. The van der Waals surface area contributed by atoms with Crippen LogP contribution in [-0.4, -0.2) is 28.8 Å². The van der Waals surface area contributed by atoms with Crippen LogP contribution in [0.3, 0.4) is 0 Å². The standard InChI is InChI=1S/C30H32ClFN2O2/c1-21-9-7-12-23(17-21)20-34(29(35)19-25-26(31)15-8-16-27(25)32)28(18-22-10-3-2-4-11-22)30(36)33-24-13-5-6-14-24/h2-4,7-12,15-17,24,28H,5-6,13-14,18-20H2,1H3,(H,33,36)/t28-/m0/s1. The van der Waals surface area contributed by atoms with Gasteiger partial charge in [-0.2, -0.15) is 0 Å². The highest BCUT2D eigenvalue weighted by Gasteiger charge is 2.32. The van der Waals surface area contributed by atoms with Crippen molar-refractivity contribution >= 4 is 23.4 Å². The van der Waals surface area contributed by atoms with Gasteiger partial charge in [-0.05, 0) is 43.0 Å². The summed E-state index contributed by atoms with van der Waals surface area (Å²) in [7, 11) is 0. The highest BCUT2D eigenvalue weighted by molar-refractivity contribution is 6.31. The molecule has 188 valence electrons. The summed E-state index contributed by atoms with van der Waals surface area (Å²) in [4.78, 5) is 29.1. The molecule has 0 heterocycles. The number of amides is 2. The molecule has 3 aromatic rings. The Morgan fingerprint density at radius 3 is 2.39 bits per heavy atom. The molecule has 0 bridgehead atoms. The van der Waals surface area contributed by atoms with Crippen LogP contribution in [0.4, 0.5) is 4.39 Å². The Kier molecular flexibility index (Phi) is 8.76. The first-order valence-electron chi connectivity index (χ1n) is 12.5. The minimum absolute atomic E-state index is 0.118. The van der Waals surface area contributed by atoms with Gasteiger partial charge in [-0.15, -0.1) is 0 Å². The second kappa shape index (κ2) is 12.2. The quantitative estimate of drug-likeness (QED) is 0.385. The molecule has 0 saturated heterocycles. The first-order valence-corrected chi connectivity index (χ1v) is 12.9. The first kappa shape index (κ1) is 25.9. The van der Waals surface area contributed by atoms with Crippen LogP contribution in [0.2, 0.25) is 5.02 Å². The minimum Gasteiger partial charge on any atom is -0.352 e. The smallest absolute Gasteiger partial charge is 0.243 e. The van der Waals surface area contributed by atoms with Crippen molar-refractivity contribution in [3.8, 4) is 0 Å². The summed E-state index contributed by atoms with van der Waals surface area (Å²) in [5.74, 6) is -1.04. The van der Waals surface area contributed by atoms with E-state index in [0.29, 0.717) is 6.42 Å². The molecule has 1 N–H and O–H groups in total. The van der Waals surface area contributed by atoms with Gasteiger partial charge in [0, 0.05) is 29.6 Å². The Morgan fingerprint density at radius 2 is 1.69 bits per heavy atom. The number of hydrogen-bond acceptors (Lipinski definition) is 2. The van der Waals surface area contributed by atoms with Crippen LogP contribution < -0.4 is 5.32 Å². The predicted octanol–water partition coefficient (Wildman–Crippen LogP) is 6.03. The predicted molar refractivity (Wildman–Crippen MR) is 141 cm³/mol. The number of carbonyl (C=O) groups is 2. The Balaban J connectivity index is 1.69. The van der Waals surface area contributed by atoms with Crippen LogP contribution in [0.25, 0.3) is 0 Å². The lowest BCUT2D eigenvalue weighted by Crippen LogP contribution is -2.52. The fourth-order valence-electron chi connectivity index (χ4n) is 4.88. The van der Waals surface area contributed by atoms with Crippen molar-refractivity contribution in [1.82, 2.24) is 10.2 Å². The van der Waals surface area contributed by atoms with E-state index in [-0.39, 0.29) is 41.4 Å². The number of carbonyl (C=O) groups excluding carboxylic acids is 2. The van der Waals surface area contributed by atoms with Gasteiger partial charge in [0.05, 0.1) is 6.42 Å². The van der Waals surface area contributed by atoms with E-state index in [4.69, 9.17) is 11.6 Å². The molecule has 6 heteroatoms. The van der Waals surface area contributed by atoms with Crippen LogP contribution >= 0.6 is 11.6 Å². The summed E-state index contributed by atoms with van der Waals surface area (Å²) in [5, 5.41) is 3.39. The summed E-state index contributed by atoms with van der Waals surface area (Å²) in [6.45, 7) is 2.23. The molecule has 0 unspecified atom stereocenters. The second-order valence-electron chi connectivity index (χ2n) is 9.58. The SMILES string of the molecule is Cc1cccc(CN(C(=O)Cc2c(F)cccc2Cl)[C@@H](Cc2ccccc2)C(=O)NC2CCCC2)c1. The van der Waals surface area contributed by atoms with Crippen LogP contribution in [0.1, 0.15) is 47.9 Å². The minimum atomic E-state index is -0.744. The number of halogens is 2. The molecular formula is C30H32ClFN2O2. The molecule has 2 amide bonds. The summed E-state index contributed by atoms with van der Waals surface area (Å²) in [6.07, 6.45) is 4.21. The number of rotatable bonds is 9. The highest BCUT2D eigenvalue weighted by Crippen LogP contribution is 2.24. The van der Waals surface area contributed by atoms with E-state index in [0.717, 1.165) is 42.4 Å². The van der Waals surface area contributed by atoms with Crippen LogP contribution in [0.5, 0.6) is 0 Å². The zero-order valence-electron chi connectivity index (χ0n) is 20.6. The lowest BCUT2D eigenvalue weighted by Gasteiger charge is -2.32. The van der Waals surface area contributed by atoms with Gasteiger partial charge in [-0.25, -0.2) is 4.39 Å². The number of nitrogens with zero attached hydrogens (tertiary/aromatic N) is 1. The highest BCUT2D eigenvalue weighted by atomic mass is 35.5. The summed E-state index contributed by atoms with van der Waals surface area (Å²) in [6, 6.07) is 21.3.